The highest BCUT2D eigenvalue weighted by Crippen LogP contribution is 2.29. The minimum atomic E-state index is -4.58. The number of aliphatic carboxylic acids is 2. The molecule has 0 aliphatic rings. The van der Waals surface area contributed by atoms with E-state index in [1.807, 2.05) is 0 Å². The Kier molecular flexibility index (Phi) is 9.80. The second-order valence-corrected chi connectivity index (χ2v) is 7.27. The Bertz CT molecular complexity index is 669. The molecule has 1 aromatic rings. The zero-order chi connectivity index (χ0) is 20.5. The van der Waals surface area contributed by atoms with Crippen molar-refractivity contribution in [2.45, 2.75) is 18.5 Å². The Labute approximate surface area is 145 Å². The van der Waals surface area contributed by atoms with Gasteiger partial charge in [0.05, 0.1) is 18.6 Å². The lowest BCUT2D eigenvalue weighted by Gasteiger charge is -2.13. The number of aliphatic hydroxyl groups excluding tert-OH is 1. The summed E-state index contributed by atoms with van der Waals surface area (Å²) in [6, 6.07) is -3.00. The van der Waals surface area contributed by atoms with Crippen LogP contribution >= 0.6 is 15.5 Å². The molecule has 0 radical (unpaired) electrons. The van der Waals surface area contributed by atoms with Crippen molar-refractivity contribution < 1.29 is 53.6 Å². The highest BCUT2D eigenvalue weighted by Gasteiger charge is 2.26. The van der Waals surface area contributed by atoms with Crippen LogP contribution < -0.4 is 10.2 Å². The number of nitrogens with zero attached hydrogens (tertiary/aromatic N) is 1. The molecule has 0 spiro atoms. The smallest absolute Gasteiger partial charge is 0.401 e. The van der Waals surface area contributed by atoms with Gasteiger partial charge in [0, 0.05) is 12.6 Å². The molecule has 0 bridgehead atoms. The molecule has 10 N–H and O–H groups in total. The second kappa shape index (κ2) is 10.5. The van der Waals surface area contributed by atoms with Crippen LogP contribution in [0.15, 0.2) is 12.5 Å². The molecule has 26 heavy (non-hydrogen) atoms. The van der Waals surface area contributed by atoms with E-state index in [0.717, 1.165) is 0 Å². The van der Waals surface area contributed by atoms with Crippen LogP contribution in [-0.4, -0.2) is 75.5 Å². The molecule has 17 heteroatoms. The van der Waals surface area contributed by atoms with Crippen molar-refractivity contribution in [2.24, 2.45) is 0 Å². The highest BCUT2D eigenvalue weighted by molar-refractivity contribution is 7.49. The minimum absolute atomic E-state index is 0.107. The summed E-state index contributed by atoms with van der Waals surface area (Å²) in [4.78, 5) is 60.6. The summed E-state index contributed by atoms with van der Waals surface area (Å²) in [5, 5.41) is 28.3. The van der Waals surface area contributed by atoms with E-state index in [2.05, 4.69) is 9.97 Å². The zero-order valence-corrected chi connectivity index (χ0v) is 14.6. The topological polar surface area (TPSA) is 263 Å². The number of aromatic amines is 1. The summed E-state index contributed by atoms with van der Waals surface area (Å²) < 4.78 is 20.7. The van der Waals surface area contributed by atoms with E-state index in [-0.39, 0.29) is 6.42 Å². The van der Waals surface area contributed by atoms with Gasteiger partial charge in [-0.15, -0.1) is 0 Å². The number of hydrogen-bond donors (Lipinski definition) is 10. The van der Waals surface area contributed by atoms with Gasteiger partial charge in [-0.25, -0.2) is 24.3 Å². The van der Waals surface area contributed by atoms with Gasteiger partial charge in [0.25, 0.3) is 0 Å². The Morgan fingerprint density at radius 1 is 1.04 bits per heavy atom. The van der Waals surface area contributed by atoms with Crippen molar-refractivity contribution >= 4 is 27.4 Å². The third kappa shape index (κ3) is 11.8. The van der Waals surface area contributed by atoms with Gasteiger partial charge in [0.2, 0.25) is 0 Å². The quantitative estimate of drug-likeness (QED) is 0.181. The summed E-state index contributed by atoms with van der Waals surface area (Å²) in [6.07, 6.45) is 2.70. The number of nitrogens with one attached hydrogen (secondary N) is 3. The normalized spacial score (nSPS) is 14.0. The van der Waals surface area contributed by atoms with Crippen LogP contribution in [-0.2, 0) is 25.1 Å². The molecule has 0 aromatic carbocycles. The third-order valence-electron chi connectivity index (χ3n) is 2.39. The van der Waals surface area contributed by atoms with Crippen molar-refractivity contribution in [1.29, 1.82) is 0 Å². The molecule has 150 valence electrons. The maximum Gasteiger partial charge on any atom is 0.401 e. The molecule has 0 unspecified atom stereocenters. The number of hydrogen-bond acceptors (Lipinski definition) is 6. The SMILES string of the molecule is O=C(O)[C@H](CO)NP(=O)(O)O.O=C(O)[C@H](Cc1c[nH]cn1)NP(=O)(O)O. The lowest BCUT2D eigenvalue weighted by Crippen LogP contribution is -2.37. The number of aromatic nitrogens is 2. The third-order valence-corrected chi connectivity index (χ3v) is 3.69. The fourth-order valence-electron chi connectivity index (χ4n) is 1.38. The van der Waals surface area contributed by atoms with Crippen LogP contribution in [0.25, 0.3) is 0 Å². The van der Waals surface area contributed by atoms with Crippen LogP contribution in [0, 0.1) is 0 Å². The van der Waals surface area contributed by atoms with Crippen LogP contribution in [0.2, 0.25) is 0 Å². The average molecular weight is 420 g/mol. The molecule has 15 nitrogen and oxygen atoms in total. The standard InChI is InChI=1S/C6H10N3O5P.C3H8NO6P/c10-6(11)5(9-15(12,13)14)1-4-2-7-3-8-4;5-1-2(3(6)7)4-11(8,9)10/h2-3,5H,1H2,(H,7,8)(H,10,11)(H3,9,12,13,14);2,5H,1H2,(H,6,7)(H3,4,8,9,10)/t5-;2-/m00/s1. The van der Waals surface area contributed by atoms with Gasteiger partial charge in [-0.05, 0) is 0 Å². The first-order valence-electron chi connectivity index (χ1n) is 6.46. The van der Waals surface area contributed by atoms with E-state index in [1.165, 1.54) is 17.6 Å². The average Bonchev–Trinajstić information content (AvgIpc) is 2.95. The number of H-pyrrole nitrogens is 1. The number of imidazole rings is 1. The zero-order valence-electron chi connectivity index (χ0n) is 12.8. The first-order valence-corrected chi connectivity index (χ1v) is 9.68. The summed E-state index contributed by atoms with van der Waals surface area (Å²) in [5.41, 5.74) is 0.406. The van der Waals surface area contributed by atoms with Crippen LogP contribution in [0.1, 0.15) is 5.69 Å². The van der Waals surface area contributed by atoms with Crippen molar-refractivity contribution in [3.63, 3.8) is 0 Å². The predicted molar refractivity (Wildman–Crippen MR) is 82.6 cm³/mol. The lowest BCUT2D eigenvalue weighted by atomic mass is 10.2. The monoisotopic (exact) mass is 420 g/mol. The van der Waals surface area contributed by atoms with Crippen LogP contribution in [0.5, 0.6) is 0 Å². The van der Waals surface area contributed by atoms with Gasteiger partial charge < -0.3 is 39.9 Å². The maximum atomic E-state index is 10.7. The van der Waals surface area contributed by atoms with E-state index in [0.29, 0.717) is 5.69 Å². The minimum Gasteiger partial charge on any atom is -0.480 e. The molecule has 1 rings (SSSR count). The summed E-state index contributed by atoms with van der Waals surface area (Å²) >= 11 is 0. The largest absolute Gasteiger partial charge is 0.480 e. The first kappa shape index (κ1) is 24.3. The second-order valence-electron chi connectivity index (χ2n) is 4.58. The van der Waals surface area contributed by atoms with Crippen molar-refractivity contribution in [3.8, 4) is 0 Å². The van der Waals surface area contributed by atoms with Gasteiger partial charge in [0.1, 0.15) is 12.1 Å². The molecule has 0 fully saturated rings. The van der Waals surface area contributed by atoms with Crippen LogP contribution in [0.3, 0.4) is 0 Å². The number of carboxylic acids is 2. The lowest BCUT2D eigenvalue weighted by molar-refractivity contribution is -0.140. The first-order chi connectivity index (χ1) is 11.7. The number of carbonyl (C=O) groups is 2. The van der Waals surface area contributed by atoms with E-state index in [4.69, 9.17) is 34.9 Å². The Morgan fingerprint density at radius 2 is 1.50 bits per heavy atom. The van der Waals surface area contributed by atoms with Crippen molar-refractivity contribution in [1.82, 2.24) is 20.1 Å². The molecule has 0 saturated heterocycles. The van der Waals surface area contributed by atoms with E-state index in [1.54, 1.807) is 5.09 Å². The molecule has 0 aliphatic carbocycles. The van der Waals surface area contributed by atoms with Crippen molar-refractivity contribution in [3.05, 3.63) is 18.2 Å². The maximum absolute atomic E-state index is 10.7. The molecular weight excluding hydrogens is 402 g/mol. The Morgan fingerprint density at radius 3 is 1.77 bits per heavy atom. The van der Waals surface area contributed by atoms with E-state index in [9.17, 15) is 18.7 Å². The summed E-state index contributed by atoms with van der Waals surface area (Å²) in [5.74, 6) is -2.86. The molecule has 1 aromatic heterocycles. The molecule has 0 aliphatic heterocycles. The number of rotatable bonds is 9. The van der Waals surface area contributed by atoms with Gasteiger partial charge in [0.15, 0.2) is 0 Å². The van der Waals surface area contributed by atoms with Gasteiger partial charge in [-0.1, -0.05) is 0 Å². The van der Waals surface area contributed by atoms with Crippen molar-refractivity contribution in [2.75, 3.05) is 6.61 Å². The Hall–Kier alpha value is -1.67. The summed E-state index contributed by atoms with van der Waals surface area (Å²) in [7, 11) is -9.15. The number of aliphatic hydroxyl groups is 1. The van der Waals surface area contributed by atoms with Gasteiger partial charge in [-0.3, -0.25) is 9.59 Å². The molecule has 1 heterocycles. The van der Waals surface area contributed by atoms with Gasteiger partial charge in [-0.2, -0.15) is 0 Å². The predicted octanol–water partition coefficient (Wildman–Crippen LogP) is -2.80. The highest BCUT2D eigenvalue weighted by atomic mass is 31.2. The van der Waals surface area contributed by atoms with E-state index < -0.39 is 46.1 Å². The van der Waals surface area contributed by atoms with E-state index >= 15 is 0 Å². The molecular formula is C9H18N4O11P2. The fourth-order valence-corrected chi connectivity index (χ4v) is 2.59. The fraction of sp³-hybridized carbons (Fsp3) is 0.444. The number of carboxylic acid groups (broad SMARTS) is 2. The molecule has 0 amide bonds. The molecule has 2 atom stereocenters. The molecule has 0 saturated carbocycles. The van der Waals surface area contributed by atoms with Crippen LogP contribution in [0.4, 0.5) is 0 Å². The summed E-state index contributed by atoms with van der Waals surface area (Å²) in [6.45, 7) is -0.875. The van der Waals surface area contributed by atoms with Gasteiger partial charge >= 0.3 is 27.4 Å². The Balaban J connectivity index is 0.000000508.